The quantitative estimate of drug-likeness (QED) is 0.366. The molecule has 1 aliphatic heterocycles. The number of fused-ring (bicyclic) bond motifs is 2. The molecule has 40 heavy (non-hydrogen) atoms. The van der Waals surface area contributed by atoms with Crippen LogP contribution in [0, 0.1) is 18.8 Å². The number of carbonyl (C=O) groups excluding carboxylic acids is 1. The minimum atomic E-state index is -0.268. The molecule has 2 aromatic rings. The molecule has 5 aliphatic rings. The van der Waals surface area contributed by atoms with Gasteiger partial charge in [-0.2, -0.15) is 11.3 Å². The molecule has 5 nitrogen and oxygen atoms in total. The molecule has 4 aliphatic carbocycles. The lowest BCUT2D eigenvalue weighted by Gasteiger charge is -2.44. The minimum Gasteiger partial charge on any atom is -0.367 e. The van der Waals surface area contributed by atoms with Crippen molar-refractivity contribution in [3.8, 4) is 11.3 Å². The Kier molecular flexibility index (Phi) is 7.18. The summed E-state index contributed by atoms with van der Waals surface area (Å²) in [4.78, 5) is 19.2. The fourth-order valence-corrected chi connectivity index (χ4v) is 9.26. The van der Waals surface area contributed by atoms with Gasteiger partial charge in [-0.05, 0) is 113 Å². The lowest BCUT2D eigenvalue weighted by molar-refractivity contribution is -0.127. The van der Waals surface area contributed by atoms with Gasteiger partial charge in [0, 0.05) is 28.6 Å². The monoisotopic (exact) mass is 558 g/mol. The first-order valence-electron chi connectivity index (χ1n) is 16.1. The SMILES string of the molecule is C/C=C/C1CCC2N=C(C3(NC(=O)C4CCc5c(c(C)c(-c6ccsc6)n5C5CCCCC5)C4)CCC3)NC2C1. The van der Waals surface area contributed by atoms with Crippen molar-refractivity contribution in [3.05, 3.63) is 45.8 Å². The highest BCUT2D eigenvalue weighted by molar-refractivity contribution is 7.08. The van der Waals surface area contributed by atoms with Gasteiger partial charge in [0.2, 0.25) is 5.91 Å². The van der Waals surface area contributed by atoms with E-state index in [1.807, 2.05) is 0 Å². The Bertz CT molecular complexity index is 1290. The average Bonchev–Trinajstić information content (AvgIpc) is 3.69. The molecule has 3 heterocycles. The molecule has 0 radical (unpaired) electrons. The topological polar surface area (TPSA) is 58.4 Å². The van der Waals surface area contributed by atoms with E-state index in [0.29, 0.717) is 24.0 Å². The lowest BCUT2D eigenvalue weighted by Crippen LogP contribution is -2.63. The summed E-state index contributed by atoms with van der Waals surface area (Å²) in [5.41, 5.74) is 6.91. The third-order valence-electron chi connectivity index (χ3n) is 10.9. The summed E-state index contributed by atoms with van der Waals surface area (Å²) in [6, 6.07) is 3.70. The van der Waals surface area contributed by atoms with Crippen molar-refractivity contribution < 1.29 is 4.79 Å². The lowest BCUT2D eigenvalue weighted by atomic mass is 9.74. The molecule has 0 spiro atoms. The first-order valence-corrected chi connectivity index (χ1v) is 17.1. The number of carbonyl (C=O) groups is 1. The number of rotatable bonds is 6. The Morgan fingerprint density at radius 1 is 1.15 bits per heavy atom. The van der Waals surface area contributed by atoms with Crippen LogP contribution in [0.3, 0.4) is 0 Å². The van der Waals surface area contributed by atoms with Crippen LogP contribution in [0.4, 0.5) is 0 Å². The third kappa shape index (κ3) is 4.59. The van der Waals surface area contributed by atoms with Crippen LogP contribution < -0.4 is 10.6 Å². The second kappa shape index (κ2) is 10.8. The van der Waals surface area contributed by atoms with E-state index in [9.17, 15) is 4.79 Å². The van der Waals surface area contributed by atoms with Gasteiger partial charge in [-0.15, -0.1) is 0 Å². The number of hydrogen-bond acceptors (Lipinski definition) is 4. The Morgan fingerprint density at radius 2 is 2.00 bits per heavy atom. The van der Waals surface area contributed by atoms with Crippen LogP contribution in [-0.4, -0.2) is 33.9 Å². The molecule has 4 atom stereocenters. The van der Waals surface area contributed by atoms with Crippen molar-refractivity contribution in [2.75, 3.05) is 0 Å². The Labute approximate surface area is 243 Å². The van der Waals surface area contributed by atoms with E-state index in [1.54, 1.807) is 11.3 Å². The van der Waals surface area contributed by atoms with Gasteiger partial charge in [0.15, 0.2) is 0 Å². The van der Waals surface area contributed by atoms with Crippen molar-refractivity contribution in [2.45, 2.75) is 127 Å². The van der Waals surface area contributed by atoms with Gasteiger partial charge in [-0.1, -0.05) is 31.4 Å². The molecule has 0 saturated heterocycles. The smallest absolute Gasteiger partial charge is 0.224 e. The summed E-state index contributed by atoms with van der Waals surface area (Å²) >= 11 is 1.79. The maximum atomic E-state index is 13.9. The fraction of sp³-hybridized carbons (Fsp3) is 0.647. The van der Waals surface area contributed by atoms with Crippen molar-refractivity contribution in [3.63, 3.8) is 0 Å². The summed E-state index contributed by atoms with van der Waals surface area (Å²) < 4.78 is 2.73. The first kappa shape index (κ1) is 26.6. The Hall–Kier alpha value is -2.34. The fourth-order valence-electron chi connectivity index (χ4n) is 8.62. The van der Waals surface area contributed by atoms with Gasteiger partial charge in [0.25, 0.3) is 0 Å². The van der Waals surface area contributed by atoms with Gasteiger partial charge in [-0.3, -0.25) is 9.79 Å². The summed E-state index contributed by atoms with van der Waals surface area (Å²) in [5.74, 6) is 2.03. The van der Waals surface area contributed by atoms with Crippen molar-refractivity contribution in [1.29, 1.82) is 0 Å². The van der Waals surface area contributed by atoms with E-state index in [1.165, 1.54) is 73.0 Å². The molecular weight excluding hydrogens is 512 g/mol. The van der Waals surface area contributed by atoms with E-state index in [4.69, 9.17) is 4.99 Å². The summed E-state index contributed by atoms with van der Waals surface area (Å²) in [6.45, 7) is 4.44. The van der Waals surface area contributed by atoms with Crippen molar-refractivity contribution in [2.24, 2.45) is 16.8 Å². The van der Waals surface area contributed by atoms with E-state index in [-0.39, 0.29) is 17.4 Å². The third-order valence-corrected chi connectivity index (χ3v) is 11.6. The first-order chi connectivity index (χ1) is 19.6. The van der Waals surface area contributed by atoms with Gasteiger partial charge in [0.05, 0.1) is 23.3 Å². The highest BCUT2D eigenvalue weighted by atomic mass is 32.1. The van der Waals surface area contributed by atoms with Crippen molar-refractivity contribution in [1.82, 2.24) is 15.2 Å². The normalized spacial score (nSPS) is 29.8. The molecule has 0 aromatic carbocycles. The number of allylic oxidation sites excluding steroid dienone is 2. The Balaban J connectivity index is 1.10. The number of nitrogens with one attached hydrogen (secondary N) is 2. The minimum absolute atomic E-state index is 0.0459. The summed E-state index contributed by atoms with van der Waals surface area (Å²) in [5, 5.41) is 11.9. The Morgan fingerprint density at radius 3 is 2.73 bits per heavy atom. The summed E-state index contributed by atoms with van der Waals surface area (Å²) in [6.07, 6.45) is 20.7. The van der Waals surface area contributed by atoms with Gasteiger partial charge in [0.1, 0.15) is 5.84 Å². The largest absolute Gasteiger partial charge is 0.367 e. The zero-order chi connectivity index (χ0) is 27.3. The van der Waals surface area contributed by atoms with E-state index in [0.717, 1.165) is 50.8 Å². The molecule has 3 saturated carbocycles. The zero-order valence-corrected chi connectivity index (χ0v) is 25.2. The molecule has 0 bridgehead atoms. The van der Waals surface area contributed by atoms with Gasteiger partial charge in [-0.25, -0.2) is 0 Å². The molecule has 7 rings (SSSR count). The van der Waals surface area contributed by atoms with Crippen LogP contribution in [0.5, 0.6) is 0 Å². The predicted octanol–water partition coefficient (Wildman–Crippen LogP) is 7.29. The average molecular weight is 559 g/mol. The molecule has 2 N–H and O–H groups in total. The molecule has 214 valence electrons. The number of nitrogens with zero attached hydrogens (tertiary/aromatic N) is 2. The maximum Gasteiger partial charge on any atom is 0.224 e. The predicted molar refractivity (Wildman–Crippen MR) is 165 cm³/mol. The number of amidine groups is 1. The summed E-state index contributed by atoms with van der Waals surface area (Å²) in [7, 11) is 0. The van der Waals surface area contributed by atoms with Crippen molar-refractivity contribution >= 4 is 23.1 Å². The number of aromatic nitrogens is 1. The number of hydrogen-bond donors (Lipinski definition) is 2. The van der Waals surface area contributed by atoms with Crippen LogP contribution >= 0.6 is 11.3 Å². The second-order valence-electron chi connectivity index (χ2n) is 13.3. The highest BCUT2D eigenvalue weighted by Crippen LogP contribution is 2.44. The van der Waals surface area contributed by atoms with Crippen LogP contribution in [0.25, 0.3) is 11.3 Å². The molecule has 4 unspecified atom stereocenters. The standard InChI is InChI=1S/C34H46N4OS/c1-3-8-23-11-13-28-29(19-23)36-33(35-28)34(16-7-17-34)37-32(39)24-12-14-30-27(20-24)22(2)31(25-15-18-40-21-25)38(30)26-9-5-4-6-10-26/h3,8,15,18,21,23-24,26,28-29H,4-7,9-14,16-17,19-20H2,1-2H3,(H,35,36)(H,37,39)/b8-3+. The highest BCUT2D eigenvalue weighted by Gasteiger charge is 2.49. The molecule has 1 amide bonds. The molecule has 3 fully saturated rings. The molecule has 6 heteroatoms. The molecular formula is C34H46N4OS. The van der Waals surface area contributed by atoms with Crippen LogP contribution in [0.15, 0.2) is 34.0 Å². The number of aliphatic imine (C=N–C) groups is 1. The zero-order valence-electron chi connectivity index (χ0n) is 24.4. The van der Waals surface area contributed by atoms with E-state index < -0.39 is 0 Å². The maximum absolute atomic E-state index is 13.9. The van der Waals surface area contributed by atoms with Gasteiger partial charge >= 0.3 is 0 Å². The van der Waals surface area contributed by atoms with E-state index >= 15 is 0 Å². The van der Waals surface area contributed by atoms with Crippen LogP contribution in [0.1, 0.15) is 107 Å². The molecule has 2 aromatic heterocycles. The number of thiophene rings is 1. The van der Waals surface area contributed by atoms with Crippen LogP contribution in [0.2, 0.25) is 0 Å². The van der Waals surface area contributed by atoms with Gasteiger partial charge < -0.3 is 15.2 Å². The second-order valence-corrected chi connectivity index (χ2v) is 14.1. The number of amides is 1. The van der Waals surface area contributed by atoms with Crippen LogP contribution in [-0.2, 0) is 17.6 Å². The van der Waals surface area contributed by atoms with E-state index in [2.05, 4.69) is 58.0 Å².